The summed E-state index contributed by atoms with van der Waals surface area (Å²) in [5.74, 6) is 3.74. The molecule has 2 aromatic rings. The number of hydrogen-bond acceptors (Lipinski definition) is 5. The highest BCUT2D eigenvalue weighted by atomic mass is 16.5. The number of rotatable bonds is 1. The highest BCUT2D eigenvalue weighted by Gasteiger charge is 2.18. The van der Waals surface area contributed by atoms with Crippen molar-refractivity contribution < 1.29 is 4.74 Å². The van der Waals surface area contributed by atoms with Crippen LogP contribution >= 0.6 is 0 Å². The lowest BCUT2D eigenvalue weighted by Crippen LogP contribution is -2.37. The minimum Gasteiger partial charge on any atom is -0.378 e. The van der Waals surface area contributed by atoms with E-state index in [2.05, 4.69) is 25.9 Å². The minimum atomic E-state index is 0.396. The maximum Gasteiger partial charge on any atom is 0.208 e. The molecule has 92 valence electrons. The van der Waals surface area contributed by atoms with Crippen molar-refractivity contribution in [2.45, 2.75) is 0 Å². The van der Waals surface area contributed by atoms with Crippen molar-refractivity contribution in [3.05, 3.63) is 12.0 Å². The zero-order valence-electron chi connectivity index (χ0n) is 10.1. The van der Waals surface area contributed by atoms with Crippen LogP contribution in [0.4, 0.5) is 5.82 Å². The van der Waals surface area contributed by atoms with Gasteiger partial charge in [0.25, 0.3) is 0 Å². The summed E-state index contributed by atoms with van der Waals surface area (Å²) in [6, 6.07) is 0. The lowest BCUT2D eigenvalue weighted by molar-refractivity contribution is 0.122. The van der Waals surface area contributed by atoms with Crippen molar-refractivity contribution in [3.8, 4) is 12.3 Å². The van der Waals surface area contributed by atoms with Gasteiger partial charge in [-0.1, -0.05) is 0 Å². The number of nitrogens with zero attached hydrogens (tertiary/aromatic N) is 5. The molecule has 0 saturated carbocycles. The van der Waals surface area contributed by atoms with E-state index < -0.39 is 0 Å². The molecule has 1 fully saturated rings. The highest BCUT2D eigenvalue weighted by Crippen LogP contribution is 2.23. The molecule has 6 nitrogen and oxygen atoms in total. The van der Waals surface area contributed by atoms with Gasteiger partial charge in [0.15, 0.2) is 5.65 Å². The molecule has 0 unspecified atom stereocenters. The lowest BCUT2D eigenvalue weighted by atomic mass is 10.3. The summed E-state index contributed by atoms with van der Waals surface area (Å²) in [7, 11) is 1.85. The molecule has 0 radical (unpaired) electrons. The fraction of sp³-hybridized carbons (Fsp3) is 0.417. The molecule has 0 spiro atoms. The number of aryl methyl sites for hydroxylation is 1. The number of fused-ring (bicyclic) bond motifs is 1. The van der Waals surface area contributed by atoms with E-state index in [4.69, 9.17) is 11.2 Å². The van der Waals surface area contributed by atoms with Gasteiger partial charge in [-0.15, -0.1) is 6.42 Å². The first-order chi connectivity index (χ1) is 8.79. The van der Waals surface area contributed by atoms with Crippen LogP contribution < -0.4 is 4.90 Å². The summed E-state index contributed by atoms with van der Waals surface area (Å²) in [4.78, 5) is 10.9. The second-order valence-corrected chi connectivity index (χ2v) is 4.12. The van der Waals surface area contributed by atoms with Gasteiger partial charge in [-0.3, -0.25) is 4.68 Å². The van der Waals surface area contributed by atoms with Crippen molar-refractivity contribution in [1.29, 1.82) is 0 Å². The van der Waals surface area contributed by atoms with Gasteiger partial charge < -0.3 is 9.64 Å². The largest absolute Gasteiger partial charge is 0.378 e. The summed E-state index contributed by atoms with van der Waals surface area (Å²) in [5.41, 5.74) is 0.763. The van der Waals surface area contributed by atoms with E-state index in [1.807, 2.05) is 7.05 Å². The molecule has 3 rings (SSSR count). The third-order valence-corrected chi connectivity index (χ3v) is 3.01. The maximum absolute atomic E-state index is 5.41. The average molecular weight is 243 g/mol. The molecule has 2 aromatic heterocycles. The monoisotopic (exact) mass is 243 g/mol. The van der Waals surface area contributed by atoms with E-state index in [0.29, 0.717) is 19.0 Å². The Balaban J connectivity index is 2.17. The fourth-order valence-corrected chi connectivity index (χ4v) is 2.09. The molecule has 0 amide bonds. The standard InChI is InChI=1S/C12H13N5O/c1-3-10-14-11-9(8-13-16(11)2)12(15-10)17-4-6-18-7-5-17/h1,8H,4-7H2,2H3. The van der Waals surface area contributed by atoms with Crippen molar-refractivity contribution >= 4 is 16.9 Å². The summed E-state index contributed by atoms with van der Waals surface area (Å²) in [6.07, 6.45) is 7.19. The molecule has 1 aliphatic rings. The Kier molecular flexibility index (Phi) is 2.61. The number of aromatic nitrogens is 4. The Morgan fingerprint density at radius 2 is 2.11 bits per heavy atom. The maximum atomic E-state index is 5.41. The first-order valence-electron chi connectivity index (χ1n) is 5.78. The highest BCUT2D eigenvalue weighted by molar-refractivity contribution is 5.87. The van der Waals surface area contributed by atoms with Crippen LogP contribution in [0.25, 0.3) is 11.0 Å². The van der Waals surface area contributed by atoms with E-state index in [9.17, 15) is 0 Å². The van der Waals surface area contributed by atoms with Crippen LogP contribution in [0, 0.1) is 12.3 Å². The van der Waals surface area contributed by atoms with Gasteiger partial charge in [0.1, 0.15) is 5.82 Å². The van der Waals surface area contributed by atoms with E-state index >= 15 is 0 Å². The molecule has 3 heterocycles. The van der Waals surface area contributed by atoms with Gasteiger partial charge in [0.05, 0.1) is 24.8 Å². The molecule has 1 aliphatic heterocycles. The van der Waals surface area contributed by atoms with Gasteiger partial charge in [0, 0.05) is 20.1 Å². The van der Waals surface area contributed by atoms with Gasteiger partial charge >= 0.3 is 0 Å². The fourth-order valence-electron chi connectivity index (χ4n) is 2.09. The number of morpholine rings is 1. The average Bonchev–Trinajstić information content (AvgIpc) is 2.80. The molecule has 0 bridgehead atoms. The zero-order valence-corrected chi connectivity index (χ0v) is 10.1. The third-order valence-electron chi connectivity index (χ3n) is 3.01. The molecule has 0 N–H and O–H groups in total. The number of hydrogen-bond donors (Lipinski definition) is 0. The molecule has 0 atom stereocenters. The summed E-state index contributed by atoms with van der Waals surface area (Å²) < 4.78 is 7.06. The van der Waals surface area contributed by atoms with Crippen molar-refractivity contribution in [2.75, 3.05) is 31.2 Å². The summed E-state index contributed by atoms with van der Waals surface area (Å²) in [6.45, 7) is 3.03. The van der Waals surface area contributed by atoms with Crippen LogP contribution in [-0.4, -0.2) is 46.1 Å². The lowest BCUT2D eigenvalue weighted by Gasteiger charge is -2.28. The summed E-state index contributed by atoms with van der Waals surface area (Å²) >= 11 is 0. The van der Waals surface area contributed by atoms with Crippen LogP contribution in [0.2, 0.25) is 0 Å². The quantitative estimate of drug-likeness (QED) is 0.669. The Morgan fingerprint density at radius 1 is 1.33 bits per heavy atom. The Morgan fingerprint density at radius 3 is 2.83 bits per heavy atom. The van der Waals surface area contributed by atoms with Crippen LogP contribution in [0.15, 0.2) is 6.20 Å². The molecule has 18 heavy (non-hydrogen) atoms. The second kappa shape index (κ2) is 4.27. The van der Waals surface area contributed by atoms with Gasteiger partial charge in [-0.05, 0) is 5.92 Å². The molecule has 1 saturated heterocycles. The van der Waals surface area contributed by atoms with E-state index in [1.54, 1.807) is 10.9 Å². The van der Waals surface area contributed by atoms with Crippen LogP contribution in [0.5, 0.6) is 0 Å². The van der Waals surface area contributed by atoms with Crippen molar-refractivity contribution in [2.24, 2.45) is 7.05 Å². The second-order valence-electron chi connectivity index (χ2n) is 4.12. The molecule has 0 aromatic carbocycles. The van der Waals surface area contributed by atoms with Gasteiger partial charge in [-0.2, -0.15) is 5.10 Å². The SMILES string of the molecule is C#Cc1nc(N2CCOCC2)c2cnn(C)c2n1. The van der Waals surface area contributed by atoms with Crippen LogP contribution in [0.3, 0.4) is 0 Å². The smallest absolute Gasteiger partial charge is 0.208 e. The number of ether oxygens (including phenoxy) is 1. The van der Waals surface area contributed by atoms with E-state index in [-0.39, 0.29) is 0 Å². The predicted octanol–water partition coefficient (Wildman–Crippen LogP) is 0.181. The van der Waals surface area contributed by atoms with Gasteiger partial charge in [-0.25, -0.2) is 9.97 Å². The molecular formula is C12H13N5O. The minimum absolute atomic E-state index is 0.396. The normalized spacial score (nSPS) is 15.9. The first kappa shape index (κ1) is 11.0. The predicted molar refractivity (Wildman–Crippen MR) is 67.3 cm³/mol. The molecule has 6 heteroatoms. The zero-order chi connectivity index (χ0) is 12.5. The Labute approximate surface area is 105 Å². The van der Waals surface area contributed by atoms with E-state index in [0.717, 1.165) is 29.9 Å². The Hall–Kier alpha value is -2.13. The van der Waals surface area contributed by atoms with Crippen LogP contribution in [-0.2, 0) is 11.8 Å². The molecular weight excluding hydrogens is 230 g/mol. The molecule has 0 aliphatic carbocycles. The van der Waals surface area contributed by atoms with Crippen molar-refractivity contribution in [1.82, 2.24) is 19.7 Å². The van der Waals surface area contributed by atoms with Crippen LogP contribution in [0.1, 0.15) is 5.82 Å². The first-order valence-corrected chi connectivity index (χ1v) is 5.78. The van der Waals surface area contributed by atoms with Crippen molar-refractivity contribution in [3.63, 3.8) is 0 Å². The number of terminal acetylenes is 1. The third kappa shape index (κ3) is 1.69. The topological polar surface area (TPSA) is 56.1 Å². The van der Waals surface area contributed by atoms with E-state index in [1.165, 1.54) is 0 Å². The number of anilines is 1. The summed E-state index contributed by atoms with van der Waals surface area (Å²) in [5, 5.41) is 5.14. The Bertz CT molecular complexity index is 621. The van der Waals surface area contributed by atoms with Gasteiger partial charge in [0.2, 0.25) is 5.82 Å².